The van der Waals surface area contributed by atoms with Crippen LogP contribution < -0.4 is 4.74 Å². The van der Waals surface area contributed by atoms with Gasteiger partial charge in [0.2, 0.25) is 0 Å². The van der Waals surface area contributed by atoms with Gasteiger partial charge < -0.3 is 9.15 Å². The van der Waals surface area contributed by atoms with Gasteiger partial charge in [-0.3, -0.25) is 4.79 Å². The minimum Gasteiger partial charge on any atom is -0.496 e. The van der Waals surface area contributed by atoms with E-state index < -0.39 is 0 Å². The number of carbonyl (C=O) groups is 1. The number of benzene rings is 1. The molecule has 1 heterocycles. The van der Waals surface area contributed by atoms with E-state index in [1.807, 2.05) is 26.0 Å². The number of hydrogen-bond acceptors (Lipinski definition) is 3. The van der Waals surface area contributed by atoms with Crippen molar-refractivity contribution in [3.63, 3.8) is 0 Å². The van der Waals surface area contributed by atoms with E-state index in [0.29, 0.717) is 16.9 Å². The van der Waals surface area contributed by atoms with Crippen molar-refractivity contribution in [3.05, 3.63) is 53.0 Å². The molecule has 1 aromatic heterocycles. The van der Waals surface area contributed by atoms with E-state index in [2.05, 4.69) is 0 Å². The van der Waals surface area contributed by atoms with Crippen molar-refractivity contribution in [2.24, 2.45) is 0 Å². The zero-order chi connectivity index (χ0) is 12.4. The fourth-order valence-corrected chi connectivity index (χ4v) is 1.72. The normalized spacial score (nSPS) is 10.3. The molecule has 2 rings (SSSR count). The number of ether oxygens (including phenoxy) is 1. The Morgan fingerprint density at radius 2 is 2.00 bits per heavy atom. The zero-order valence-electron chi connectivity index (χ0n) is 10.1. The van der Waals surface area contributed by atoms with Crippen molar-refractivity contribution in [2.45, 2.75) is 13.8 Å². The summed E-state index contributed by atoms with van der Waals surface area (Å²) in [5, 5.41) is 0. The van der Waals surface area contributed by atoms with Crippen LogP contribution in [0.25, 0.3) is 0 Å². The largest absolute Gasteiger partial charge is 0.496 e. The molecule has 0 aliphatic heterocycles. The smallest absolute Gasteiger partial charge is 0.199 e. The quantitative estimate of drug-likeness (QED) is 0.760. The van der Waals surface area contributed by atoms with Crippen molar-refractivity contribution in [3.8, 4) is 5.75 Å². The Balaban J connectivity index is 2.46. The molecule has 0 spiro atoms. The van der Waals surface area contributed by atoms with Gasteiger partial charge in [0.25, 0.3) is 0 Å². The molecule has 0 aliphatic carbocycles. The molecule has 3 nitrogen and oxygen atoms in total. The molecule has 3 heteroatoms. The number of furan rings is 1. The summed E-state index contributed by atoms with van der Waals surface area (Å²) in [6, 6.07) is 7.26. The summed E-state index contributed by atoms with van der Waals surface area (Å²) >= 11 is 0. The summed E-state index contributed by atoms with van der Waals surface area (Å²) in [6.45, 7) is 3.75. The molecule has 0 radical (unpaired) electrons. The highest BCUT2D eigenvalue weighted by Crippen LogP contribution is 2.23. The van der Waals surface area contributed by atoms with Crippen LogP contribution in [0.5, 0.6) is 5.75 Å². The summed E-state index contributed by atoms with van der Waals surface area (Å²) in [5.74, 6) is 1.22. The van der Waals surface area contributed by atoms with Gasteiger partial charge in [0.1, 0.15) is 17.8 Å². The topological polar surface area (TPSA) is 39.4 Å². The first kappa shape index (κ1) is 11.5. The van der Waals surface area contributed by atoms with Gasteiger partial charge in [0.15, 0.2) is 5.78 Å². The third-order valence-corrected chi connectivity index (χ3v) is 2.59. The summed E-state index contributed by atoms with van der Waals surface area (Å²) in [5.41, 5.74) is 2.13. The van der Waals surface area contributed by atoms with Gasteiger partial charge in [-0.2, -0.15) is 0 Å². The average molecular weight is 230 g/mol. The van der Waals surface area contributed by atoms with E-state index in [4.69, 9.17) is 9.15 Å². The predicted molar refractivity (Wildman–Crippen MR) is 64.6 cm³/mol. The van der Waals surface area contributed by atoms with Crippen molar-refractivity contribution in [1.29, 1.82) is 0 Å². The van der Waals surface area contributed by atoms with E-state index >= 15 is 0 Å². The second kappa shape index (κ2) is 4.45. The standard InChI is InChI=1S/C14H14O3/c1-9-4-5-13(16-3)12(6-9)14(15)11-7-10(2)17-8-11/h4-8H,1-3H3. The maximum absolute atomic E-state index is 12.3. The lowest BCUT2D eigenvalue weighted by atomic mass is 10.0. The number of ketones is 1. The molecule has 0 saturated heterocycles. The van der Waals surface area contributed by atoms with E-state index in [1.165, 1.54) is 6.26 Å². The van der Waals surface area contributed by atoms with E-state index in [9.17, 15) is 4.79 Å². The molecule has 88 valence electrons. The van der Waals surface area contributed by atoms with Crippen LogP contribution in [0, 0.1) is 13.8 Å². The lowest BCUT2D eigenvalue weighted by molar-refractivity contribution is 0.103. The van der Waals surface area contributed by atoms with Gasteiger partial charge in [-0.25, -0.2) is 0 Å². The summed E-state index contributed by atoms with van der Waals surface area (Å²) in [4.78, 5) is 12.3. The van der Waals surface area contributed by atoms with E-state index in [1.54, 1.807) is 19.2 Å². The van der Waals surface area contributed by atoms with E-state index in [0.717, 1.165) is 11.3 Å². The van der Waals surface area contributed by atoms with Crippen molar-refractivity contribution < 1.29 is 13.9 Å². The van der Waals surface area contributed by atoms with Gasteiger partial charge in [-0.05, 0) is 32.0 Å². The molecule has 0 N–H and O–H groups in total. The van der Waals surface area contributed by atoms with Crippen LogP contribution in [0.2, 0.25) is 0 Å². The van der Waals surface area contributed by atoms with Gasteiger partial charge in [-0.1, -0.05) is 11.6 Å². The maximum Gasteiger partial charge on any atom is 0.199 e. The van der Waals surface area contributed by atoms with Crippen LogP contribution in [0.3, 0.4) is 0 Å². The van der Waals surface area contributed by atoms with Crippen LogP contribution in [0.4, 0.5) is 0 Å². The van der Waals surface area contributed by atoms with Gasteiger partial charge in [-0.15, -0.1) is 0 Å². The Bertz CT molecular complexity index is 552. The fourth-order valence-electron chi connectivity index (χ4n) is 1.72. The number of rotatable bonds is 3. The van der Waals surface area contributed by atoms with Crippen LogP contribution >= 0.6 is 0 Å². The highest BCUT2D eigenvalue weighted by Gasteiger charge is 2.16. The predicted octanol–water partition coefficient (Wildman–Crippen LogP) is 3.14. The Hall–Kier alpha value is -2.03. The molecule has 0 aliphatic rings. The monoisotopic (exact) mass is 230 g/mol. The van der Waals surface area contributed by atoms with E-state index in [-0.39, 0.29) is 5.78 Å². The Morgan fingerprint density at radius 1 is 1.24 bits per heavy atom. The molecule has 0 fully saturated rings. The van der Waals surface area contributed by atoms with Crippen molar-refractivity contribution in [2.75, 3.05) is 7.11 Å². The first-order valence-corrected chi connectivity index (χ1v) is 5.36. The van der Waals surface area contributed by atoms with Gasteiger partial charge in [0, 0.05) is 0 Å². The SMILES string of the molecule is COc1ccc(C)cc1C(=O)c1coc(C)c1. The van der Waals surface area contributed by atoms with Gasteiger partial charge >= 0.3 is 0 Å². The summed E-state index contributed by atoms with van der Waals surface area (Å²) < 4.78 is 10.3. The molecule has 0 amide bonds. The molecular weight excluding hydrogens is 216 g/mol. The molecule has 17 heavy (non-hydrogen) atoms. The van der Waals surface area contributed by atoms with Gasteiger partial charge in [0.05, 0.1) is 18.2 Å². The molecule has 2 aromatic rings. The number of carbonyl (C=O) groups excluding carboxylic acids is 1. The van der Waals surface area contributed by atoms with Crippen LogP contribution in [0.1, 0.15) is 27.2 Å². The number of aryl methyl sites for hydroxylation is 2. The zero-order valence-corrected chi connectivity index (χ0v) is 10.1. The second-order valence-corrected chi connectivity index (χ2v) is 3.98. The van der Waals surface area contributed by atoms with Crippen LogP contribution in [-0.2, 0) is 0 Å². The van der Waals surface area contributed by atoms with Crippen molar-refractivity contribution in [1.82, 2.24) is 0 Å². The highest BCUT2D eigenvalue weighted by atomic mass is 16.5. The molecule has 0 unspecified atom stereocenters. The lowest BCUT2D eigenvalue weighted by Gasteiger charge is -2.07. The third-order valence-electron chi connectivity index (χ3n) is 2.59. The van der Waals surface area contributed by atoms with Crippen LogP contribution in [0.15, 0.2) is 34.9 Å². The summed E-state index contributed by atoms with van der Waals surface area (Å²) in [7, 11) is 1.56. The van der Waals surface area contributed by atoms with Crippen molar-refractivity contribution >= 4 is 5.78 Å². The maximum atomic E-state index is 12.3. The Labute approximate surface area is 100 Å². The molecule has 0 atom stereocenters. The third kappa shape index (κ3) is 2.23. The highest BCUT2D eigenvalue weighted by molar-refractivity contribution is 6.10. The number of methoxy groups -OCH3 is 1. The Morgan fingerprint density at radius 3 is 2.59 bits per heavy atom. The minimum absolute atomic E-state index is 0.0811. The molecule has 0 bridgehead atoms. The lowest BCUT2D eigenvalue weighted by Crippen LogP contribution is -2.03. The minimum atomic E-state index is -0.0811. The first-order valence-electron chi connectivity index (χ1n) is 5.36. The molecule has 1 aromatic carbocycles. The van der Waals surface area contributed by atoms with Crippen LogP contribution in [-0.4, -0.2) is 12.9 Å². The molecular formula is C14H14O3. The Kier molecular flexibility index (Phi) is 3.00. The molecule has 0 saturated carbocycles. The first-order chi connectivity index (χ1) is 8.11. The number of hydrogen-bond donors (Lipinski definition) is 0. The summed E-state index contributed by atoms with van der Waals surface area (Å²) in [6.07, 6.45) is 1.47. The second-order valence-electron chi connectivity index (χ2n) is 3.98. The fraction of sp³-hybridized carbons (Fsp3) is 0.214. The average Bonchev–Trinajstić information content (AvgIpc) is 2.75.